The number of carboxylic acids is 1. The van der Waals surface area contributed by atoms with E-state index in [4.69, 9.17) is 0 Å². The van der Waals surface area contributed by atoms with Crippen molar-refractivity contribution in [2.75, 3.05) is 0 Å². The van der Waals surface area contributed by atoms with Crippen molar-refractivity contribution >= 4 is 5.97 Å². The topological polar surface area (TPSA) is 57.5 Å². The lowest BCUT2D eigenvalue weighted by Gasteiger charge is -2.12. The van der Waals surface area contributed by atoms with Gasteiger partial charge < -0.3 is 10.2 Å². The third-order valence-corrected chi connectivity index (χ3v) is 7.44. The summed E-state index contributed by atoms with van der Waals surface area (Å²) in [4.78, 5) is 11.6. The third-order valence-electron chi connectivity index (χ3n) is 7.44. The van der Waals surface area contributed by atoms with E-state index < -0.39 is 5.97 Å². The smallest absolute Gasteiger partial charge is 0.306 e. The van der Waals surface area contributed by atoms with Crippen LogP contribution >= 0.6 is 0 Å². The maximum atomic E-state index is 11.6. The van der Waals surface area contributed by atoms with Crippen molar-refractivity contribution in [3.05, 3.63) is 48.6 Å². The number of aliphatic hydroxyl groups excluding tert-OH is 1. The number of rotatable bonds is 29. The van der Waals surface area contributed by atoms with Gasteiger partial charge in [0.05, 0.1) is 12.0 Å². The molecule has 1 unspecified atom stereocenters. The molecule has 0 fully saturated rings. The monoisotopic (exact) mass is 544 g/mol. The van der Waals surface area contributed by atoms with E-state index >= 15 is 0 Å². The standard InChI is InChI=1S/C36H64O3/c1-3-5-7-9-10-11-12-13-14-15-16-17-18-20-23-26-30-34(36(38)39)31-27-24-21-19-22-25-29-33-35(37)32-28-8-6-4-2/h5,7,10-11,13-14,25,29,34-35,37H,3-4,6,8-9,12,15-24,26-28,30-33H2,1-2H3,(H,38,39)/b7-5-,11-10-,14-13-,29-25-/t34?,35-/m1/s1. The zero-order valence-electron chi connectivity index (χ0n) is 25.8. The molecule has 2 atom stereocenters. The van der Waals surface area contributed by atoms with E-state index in [1.165, 1.54) is 57.8 Å². The summed E-state index contributed by atoms with van der Waals surface area (Å²) in [5, 5.41) is 19.6. The fourth-order valence-electron chi connectivity index (χ4n) is 4.88. The molecular weight excluding hydrogens is 480 g/mol. The number of hydrogen-bond donors (Lipinski definition) is 2. The summed E-state index contributed by atoms with van der Waals surface area (Å²) in [5.41, 5.74) is 0. The van der Waals surface area contributed by atoms with Crippen LogP contribution in [0.15, 0.2) is 48.6 Å². The van der Waals surface area contributed by atoms with E-state index in [2.05, 4.69) is 62.5 Å². The SMILES string of the molecule is CC/C=C\C/C=C\C/C=C\CCCCCCCCC(CCCCCC/C=C\C[C@H](O)CCCCCC)C(=O)O. The summed E-state index contributed by atoms with van der Waals surface area (Å²) in [6, 6.07) is 0. The second kappa shape index (κ2) is 30.9. The van der Waals surface area contributed by atoms with Gasteiger partial charge in [0.15, 0.2) is 0 Å². The van der Waals surface area contributed by atoms with Gasteiger partial charge in [0.2, 0.25) is 0 Å². The van der Waals surface area contributed by atoms with Gasteiger partial charge in [0, 0.05) is 0 Å². The van der Waals surface area contributed by atoms with Crippen LogP contribution in [-0.2, 0) is 4.79 Å². The molecule has 0 bridgehead atoms. The molecule has 0 spiro atoms. The highest BCUT2D eigenvalue weighted by molar-refractivity contribution is 5.69. The predicted molar refractivity (Wildman–Crippen MR) is 171 cm³/mol. The number of hydrogen-bond acceptors (Lipinski definition) is 2. The maximum absolute atomic E-state index is 11.6. The van der Waals surface area contributed by atoms with Crippen molar-refractivity contribution in [3.63, 3.8) is 0 Å². The molecule has 0 saturated heterocycles. The van der Waals surface area contributed by atoms with Gasteiger partial charge in [-0.25, -0.2) is 0 Å². The molecule has 0 amide bonds. The Labute approximate surface area is 243 Å². The van der Waals surface area contributed by atoms with Gasteiger partial charge in [-0.05, 0) is 70.6 Å². The predicted octanol–water partition coefficient (Wildman–Crippen LogP) is 11.3. The molecule has 0 aromatic rings. The average Bonchev–Trinajstić information content (AvgIpc) is 2.92. The zero-order chi connectivity index (χ0) is 28.7. The number of aliphatic hydroxyl groups is 1. The minimum atomic E-state index is -0.606. The minimum Gasteiger partial charge on any atom is -0.481 e. The Kier molecular flexibility index (Phi) is 29.6. The van der Waals surface area contributed by atoms with Gasteiger partial charge in [0.25, 0.3) is 0 Å². The van der Waals surface area contributed by atoms with Crippen LogP contribution in [0, 0.1) is 5.92 Å². The summed E-state index contributed by atoms with van der Waals surface area (Å²) in [7, 11) is 0. The summed E-state index contributed by atoms with van der Waals surface area (Å²) < 4.78 is 0. The quantitative estimate of drug-likeness (QED) is 0.0727. The first-order valence-corrected chi connectivity index (χ1v) is 16.6. The van der Waals surface area contributed by atoms with Crippen molar-refractivity contribution < 1.29 is 15.0 Å². The second-order valence-electron chi connectivity index (χ2n) is 11.2. The van der Waals surface area contributed by atoms with Crippen LogP contribution in [0.3, 0.4) is 0 Å². The van der Waals surface area contributed by atoms with Crippen LogP contribution in [0.5, 0.6) is 0 Å². The summed E-state index contributed by atoms with van der Waals surface area (Å²) in [6.45, 7) is 4.37. The fraction of sp³-hybridized carbons (Fsp3) is 0.750. The molecule has 0 aromatic heterocycles. The lowest BCUT2D eigenvalue weighted by atomic mass is 9.94. The molecule has 0 heterocycles. The summed E-state index contributed by atoms with van der Waals surface area (Å²) in [5.74, 6) is -0.768. The molecule has 39 heavy (non-hydrogen) atoms. The largest absolute Gasteiger partial charge is 0.481 e. The molecule has 3 heteroatoms. The molecule has 0 aromatic carbocycles. The fourth-order valence-corrected chi connectivity index (χ4v) is 4.88. The van der Waals surface area contributed by atoms with Gasteiger partial charge in [-0.15, -0.1) is 0 Å². The number of allylic oxidation sites excluding steroid dienone is 7. The van der Waals surface area contributed by atoms with Gasteiger partial charge in [-0.2, -0.15) is 0 Å². The van der Waals surface area contributed by atoms with Gasteiger partial charge >= 0.3 is 5.97 Å². The molecule has 0 radical (unpaired) electrons. The van der Waals surface area contributed by atoms with Gasteiger partial charge in [-0.1, -0.05) is 140 Å². The van der Waals surface area contributed by atoms with Crippen molar-refractivity contribution in [1.29, 1.82) is 0 Å². The van der Waals surface area contributed by atoms with Crippen LogP contribution in [0.2, 0.25) is 0 Å². The van der Waals surface area contributed by atoms with E-state index in [0.717, 1.165) is 89.9 Å². The Hall–Kier alpha value is -1.61. The van der Waals surface area contributed by atoms with E-state index in [1.807, 2.05) is 0 Å². The Morgan fingerprint density at radius 2 is 1.03 bits per heavy atom. The highest BCUT2D eigenvalue weighted by atomic mass is 16.4. The Morgan fingerprint density at radius 3 is 1.59 bits per heavy atom. The molecular formula is C36H64O3. The van der Waals surface area contributed by atoms with E-state index in [-0.39, 0.29) is 12.0 Å². The normalized spacial score (nSPS) is 13.9. The van der Waals surface area contributed by atoms with Crippen LogP contribution in [0.4, 0.5) is 0 Å². The number of aliphatic carboxylic acids is 1. The first-order valence-electron chi connectivity index (χ1n) is 16.6. The van der Waals surface area contributed by atoms with E-state index in [9.17, 15) is 15.0 Å². The van der Waals surface area contributed by atoms with Crippen LogP contribution < -0.4 is 0 Å². The number of unbranched alkanes of at least 4 members (excludes halogenated alkanes) is 13. The summed E-state index contributed by atoms with van der Waals surface area (Å²) in [6.07, 6.45) is 43.0. The van der Waals surface area contributed by atoms with Crippen LogP contribution in [0.1, 0.15) is 162 Å². The first kappa shape index (κ1) is 37.4. The van der Waals surface area contributed by atoms with E-state index in [1.54, 1.807) is 0 Å². The second-order valence-corrected chi connectivity index (χ2v) is 11.2. The Morgan fingerprint density at radius 1 is 0.564 bits per heavy atom. The van der Waals surface area contributed by atoms with Gasteiger partial charge in [-0.3, -0.25) is 4.79 Å². The van der Waals surface area contributed by atoms with Gasteiger partial charge in [0.1, 0.15) is 0 Å². The molecule has 226 valence electrons. The lowest BCUT2D eigenvalue weighted by molar-refractivity contribution is -0.142. The highest BCUT2D eigenvalue weighted by Gasteiger charge is 2.16. The average molecular weight is 545 g/mol. The van der Waals surface area contributed by atoms with Crippen molar-refractivity contribution in [1.82, 2.24) is 0 Å². The Balaban J connectivity index is 3.61. The van der Waals surface area contributed by atoms with Crippen molar-refractivity contribution in [2.45, 2.75) is 168 Å². The van der Waals surface area contributed by atoms with Crippen molar-refractivity contribution in [2.24, 2.45) is 5.92 Å². The highest BCUT2D eigenvalue weighted by Crippen LogP contribution is 2.20. The molecule has 0 aliphatic heterocycles. The molecule has 0 aliphatic carbocycles. The molecule has 0 rings (SSSR count). The molecule has 0 saturated carbocycles. The molecule has 0 aliphatic rings. The summed E-state index contributed by atoms with van der Waals surface area (Å²) >= 11 is 0. The number of carbonyl (C=O) groups is 1. The number of carboxylic acid groups (broad SMARTS) is 1. The maximum Gasteiger partial charge on any atom is 0.306 e. The van der Waals surface area contributed by atoms with E-state index in [0.29, 0.717) is 0 Å². The zero-order valence-corrected chi connectivity index (χ0v) is 25.8. The van der Waals surface area contributed by atoms with Crippen LogP contribution in [0.25, 0.3) is 0 Å². The molecule has 2 N–H and O–H groups in total. The minimum absolute atomic E-state index is 0.162. The Bertz CT molecular complexity index is 631. The third kappa shape index (κ3) is 29.2. The van der Waals surface area contributed by atoms with Crippen LogP contribution in [-0.4, -0.2) is 22.3 Å². The lowest BCUT2D eigenvalue weighted by Crippen LogP contribution is -2.13. The molecule has 3 nitrogen and oxygen atoms in total. The first-order chi connectivity index (χ1) is 19.1. The van der Waals surface area contributed by atoms with Crippen molar-refractivity contribution in [3.8, 4) is 0 Å².